The van der Waals surface area contributed by atoms with Gasteiger partial charge < -0.3 is 0 Å². The monoisotopic (exact) mass is 258 g/mol. The zero-order chi connectivity index (χ0) is 12.3. The molecule has 3 heterocycles. The van der Waals surface area contributed by atoms with Crippen LogP contribution in [-0.2, 0) is 6.42 Å². The van der Waals surface area contributed by atoms with E-state index in [1.807, 2.05) is 22.8 Å². The molecule has 92 valence electrons. The molecule has 4 nitrogen and oxygen atoms in total. The van der Waals surface area contributed by atoms with Crippen LogP contribution in [-0.4, -0.2) is 19.6 Å². The summed E-state index contributed by atoms with van der Waals surface area (Å²) in [5, 5.41) is 5.51. The van der Waals surface area contributed by atoms with Crippen LogP contribution in [0.5, 0.6) is 0 Å². The topological polar surface area (TPSA) is 43.1 Å². The molecule has 18 heavy (non-hydrogen) atoms. The van der Waals surface area contributed by atoms with Crippen LogP contribution in [0.4, 0.5) is 0 Å². The lowest BCUT2D eigenvalue weighted by atomic mass is 9.87. The molecular weight excluding hydrogens is 244 g/mol. The van der Waals surface area contributed by atoms with Crippen LogP contribution in [0.2, 0.25) is 0 Å². The van der Waals surface area contributed by atoms with Crippen molar-refractivity contribution in [1.82, 2.24) is 19.6 Å². The summed E-state index contributed by atoms with van der Waals surface area (Å²) in [5.41, 5.74) is 2.45. The molecule has 0 N–H and O–H groups in total. The maximum atomic E-state index is 4.69. The van der Waals surface area contributed by atoms with Crippen molar-refractivity contribution in [3.05, 3.63) is 22.6 Å². The molecule has 3 aromatic heterocycles. The molecule has 0 spiro atoms. The maximum absolute atomic E-state index is 4.69. The molecule has 4 rings (SSSR count). The number of thiophene rings is 1. The second kappa shape index (κ2) is 3.51. The lowest BCUT2D eigenvalue weighted by Crippen LogP contribution is -2.05. The van der Waals surface area contributed by atoms with Gasteiger partial charge in [0.05, 0.1) is 5.39 Å². The Kier molecular flexibility index (Phi) is 2.03. The van der Waals surface area contributed by atoms with Crippen LogP contribution >= 0.6 is 11.3 Å². The molecule has 0 fully saturated rings. The number of nitrogens with zero attached hydrogens (tertiary/aromatic N) is 4. The van der Waals surface area contributed by atoms with Gasteiger partial charge in [0.25, 0.3) is 0 Å². The van der Waals surface area contributed by atoms with E-state index in [2.05, 4.69) is 17.0 Å². The van der Waals surface area contributed by atoms with Gasteiger partial charge in [-0.15, -0.1) is 11.3 Å². The van der Waals surface area contributed by atoms with Gasteiger partial charge in [-0.1, -0.05) is 6.92 Å². The Hall–Kier alpha value is -1.49. The van der Waals surface area contributed by atoms with Gasteiger partial charge in [-0.3, -0.25) is 0 Å². The summed E-state index contributed by atoms with van der Waals surface area (Å²) in [4.78, 5) is 11.8. The Bertz CT molecular complexity index is 755. The first-order chi connectivity index (χ1) is 8.75. The highest BCUT2D eigenvalue weighted by Gasteiger charge is 2.25. The predicted octanol–water partition coefficient (Wildman–Crippen LogP) is 3.09. The zero-order valence-corrected chi connectivity index (χ0v) is 11.3. The molecular formula is C13H14N4S. The van der Waals surface area contributed by atoms with Crippen LogP contribution in [0, 0.1) is 6.92 Å². The van der Waals surface area contributed by atoms with Crippen molar-refractivity contribution in [2.75, 3.05) is 0 Å². The van der Waals surface area contributed by atoms with Crippen LogP contribution in [0.1, 0.15) is 41.9 Å². The summed E-state index contributed by atoms with van der Waals surface area (Å²) in [6.07, 6.45) is 5.39. The summed E-state index contributed by atoms with van der Waals surface area (Å²) in [6.45, 7) is 4.31. The summed E-state index contributed by atoms with van der Waals surface area (Å²) in [6, 6.07) is 0. The fraction of sp³-hybridized carbons (Fsp3) is 0.462. The van der Waals surface area contributed by atoms with Crippen molar-refractivity contribution in [2.45, 2.75) is 39.0 Å². The maximum Gasteiger partial charge on any atom is 0.167 e. The van der Waals surface area contributed by atoms with E-state index in [9.17, 15) is 0 Å². The second-order valence-electron chi connectivity index (χ2n) is 5.07. The molecule has 0 bridgehead atoms. The van der Waals surface area contributed by atoms with Crippen molar-refractivity contribution in [3.63, 3.8) is 0 Å². The molecule has 0 radical (unpaired) electrons. The average Bonchev–Trinajstić information content (AvgIpc) is 2.92. The quantitative estimate of drug-likeness (QED) is 0.622. The molecule has 1 aliphatic carbocycles. The van der Waals surface area contributed by atoms with E-state index in [0.29, 0.717) is 5.92 Å². The third kappa shape index (κ3) is 1.22. The van der Waals surface area contributed by atoms with Crippen molar-refractivity contribution < 1.29 is 0 Å². The van der Waals surface area contributed by atoms with E-state index in [1.54, 1.807) is 6.33 Å². The molecule has 0 saturated carbocycles. The van der Waals surface area contributed by atoms with E-state index in [-0.39, 0.29) is 0 Å². The molecule has 0 aromatic carbocycles. The van der Waals surface area contributed by atoms with Gasteiger partial charge in [0.15, 0.2) is 5.65 Å². The highest BCUT2D eigenvalue weighted by molar-refractivity contribution is 7.19. The van der Waals surface area contributed by atoms with Crippen molar-refractivity contribution in [1.29, 1.82) is 0 Å². The summed E-state index contributed by atoms with van der Waals surface area (Å²) in [5.74, 6) is 1.54. The number of aromatic nitrogens is 4. The number of hydrogen-bond donors (Lipinski definition) is 0. The minimum Gasteiger partial charge on any atom is -0.222 e. The van der Waals surface area contributed by atoms with Gasteiger partial charge in [0, 0.05) is 4.88 Å². The SMILES string of the molecule is Cc1nc2sc3c(c2c2ncnn12)C(C)CCC3. The third-order valence-corrected chi connectivity index (χ3v) is 5.04. The fourth-order valence-corrected chi connectivity index (χ4v) is 4.41. The van der Waals surface area contributed by atoms with Crippen molar-refractivity contribution in [2.24, 2.45) is 0 Å². The first kappa shape index (κ1) is 10.4. The van der Waals surface area contributed by atoms with Gasteiger partial charge >= 0.3 is 0 Å². The van der Waals surface area contributed by atoms with E-state index in [1.165, 1.54) is 35.1 Å². The van der Waals surface area contributed by atoms with E-state index in [4.69, 9.17) is 4.98 Å². The fourth-order valence-electron chi connectivity index (χ4n) is 3.04. The number of aryl methyl sites for hydroxylation is 2. The smallest absolute Gasteiger partial charge is 0.167 e. The highest BCUT2D eigenvalue weighted by atomic mass is 32.1. The van der Waals surface area contributed by atoms with Crippen LogP contribution in [0.25, 0.3) is 15.9 Å². The minimum atomic E-state index is 0.618. The van der Waals surface area contributed by atoms with Crippen LogP contribution in [0.3, 0.4) is 0 Å². The molecule has 1 unspecified atom stereocenters. The van der Waals surface area contributed by atoms with Crippen molar-refractivity contribution in [3.8, 4) is 0 Å². The number of fused-ring (bicyclic) bond motifs is 5. The minimum absolute atomic E-state index is 0.618. The molecule has 1 aliphatic rings. The number of hydrogen-bond acceptors (Lipinski definition) is 4. The molecule has 3 aromatic rings. The zero-order valence-electron chi connectivity index (χ0n) is 10.5. The Labute approximate surface area is 109 Å². The van der Waals surface area contributed by atoms with Crippen LogP contribution in [0.15, 0.2) is 6.33 Å². The Morgan fingerprint density at radius 2 is 2.33 bits per heavy atom. The van der Waals surface area contributed by atoms with E-state index < -0.39 is 0 Å². The van der Waals surface area contributed by atoms with Gasteiger partial charge in [0.2, 0.25) is 0 Å². The average molecular weight is 258 g/mol. The lowest BCUT2D eigenvalue weighted by Gasteiger charge is -2.18. The Morgan fingerprint density at radius 1 is 1.44 bits per heavy atom. The van der Waals surface area contributed by atoms with Gasteiger partial charge in [0.1, 0.15) is 17.0 Å². The van der Waals surface area contributed by atoms with Gasteiger partial charge in [-0.2, -0.15) is 9.61 Å². The summed E-state index contributed by atoms with van der Waals surface area (Å²) in [7, 11) is 0. The standard InChI is InChI=1S/C13H14N4S/c1-7-4-3-5-9-10(7)11-12-14-6-15-17(12)8(2)16-13(11)18-9/h6-7H,3-5H2,1-2H3. The van der Waals surface area contributed by atoms with Gasteiger partial charge in [-0.05, 0) is 37.7 Å². The molecule has 5 heteroatoms. The van der Waals surface area contributed by atoms with Crippen LogP contribution < -0.4 is 0 Å². The van der Waals surface area contributed by atoms with E-state index >= 15 is 0 Å². The molecule has 1 atom stereocenters. The first-order valence-corrected chi connectivity index (χ1v) is 7.19. The second-order valence-corrected chi connectivity index (χ2v) is 6.15. The predicted molar refractivity (Wildman–Crippen MR) is 72.3 cm³/mol. The van der Waals surface area contributed by atoms with Gasteiger partial charge in [-0.25, -0.2) is 9.97 Å². The highest BCUT2D eigenvalue weighted by Crippen LogP contribution is 2.42. The molecule has 0 amide bonds. The summed E-state index contributed by atoms with van der Waals surface area (Å²) < 4.78 is 1.86. The summed E-state index contributed by atoms with van der Waals surface area (Å²) >= 11 is 1.84. The number of rotatable bonds is 0. The van der Waals surface area contributed by atoms with E-state index in [0.717, 1.165) is 16.3 Å². The molecule has 0 aliphatic heterocycles. The third-order valence-electron chi connectivity index (χ3n) is 3.88. The molecule has 0 saturated heterocycles. The van der Waals surface area contributed by atoms with Crippen molar-refractivity contribution >= 4 is 27.2 Å². The first-order valence-electron chi connectivity index (χ1n) is 6.37. The lowest BCUT2D eigenvalue weighted by molar-refractivity contribution is 0.602. The Balaban J connectivity index is 2.22. The Morgan fingerprint density at radius 3 is 3.22 bits per heavy atom. The largest absolute Gasteiger partial charge is 0.222 e. The normalized spacial score (nSPS) is 19.6.